The van der Waals surface area contributed by atoms with Crippen LogP contribution in [0.2, 0.25) is 0 Å². The quantitative estimate of drug-likeness (QED) is 0.486. The van der Waals surface area contributed by atoms with Gasteiger partial charge in [-0.3, -0.25) is 0 Å². The summed E-state index contributed by atoms with van der Waals surface area (Å²) in [7, 11) is 1.32. The van der Waals surface area contributed by atoms with Crippen molar-refractivity contribution < 1.29 is 13.9 Å². The summed E-state index contributed by atoms with van der Waals surface area (Å²) in [5, 5.41) is 0.690. The predicted octanol–water partition coefficient (Wildman–Crippen LogP) is 3.02. The molecular weight excluding hydrogens is 264 g/mol. The van der Waals surface area contributed by atoms with Crippen LogP contribution < -0.4 is 0 Å². The molecule has 6 heteroatoms. The number of esters is 1. The third-order valence-electron chi connectivity index (χ3n) is 2.45. The predicted molar refractivity (Wildman–Crippen MR) is 71.1 cm³/mol. The maximum Gasteiger partial charge on any atom is 0.373 e. The number of carbonyl (C=O) groups is 1. The summed E-state index contributed by atoms with van der Waals surface area (Å²) in [6.07, 6.45) is 3.54. The topological polar surface area (TPSA) is 65.2 Å². The molecule has 5 nitrogen and oxygen atoms in total. The van der Waals surface area contributed by atoms with Crippen molar-refractivity contribution in [2.45, 2.75) is 24.3 Å². The summed E-state index contributed by atoms with van der Waals surface area (Å²) in [5.41, 5.74) is 1.02. The van der Waals surface area contributed by atoms with Crippen LogP contribution in [0.25, 0.3) is 0 Å². The summed E-state index contributed by atoms with van der Waals surface area (Å²) in [6.45, 7) is 3.90. The zero-order valence-electron chi connectivity index (χ0n) is 10.9. The lowest BCUT2D eigenvalue weighted by atomic mass is 10.3. The van der Waals surface area contributed by atoms with Gasteiger partial charge in [0.25, 0.3) is 0 Å². The van der Waals surface area contributed by atoms with Gasteiger partial charge in [-0.15, -0.1) is 0 Å². The normalized spacial score (nSPS) is 12.2. The number of nitrogens with zero attached hydrogens (tertiary/aromatic N) is 2. The largest absolute Gasteiger partial charge is 0.463 e. The lowest BCUT2D eigenvalue weighted by molar-refractivity contribution is 0.0563. The monoisotopic (exact) mass is 278 g/mol. The summed E-state index contributed by atoms with van der Waals surface area (Å²) in [6, 6.07) is 3.37. The molecule has 0 saturated carbocycles. The Balaban J connectivity index is 2.07. The van der Waals surface area contributed by atoms with E-state index in [4.69, 9.17) is 4.42 Å². The second-order valence-electron chi connectivity index (χ2n) is 4.00. The fourth-order valence-electron chi connectivity index (χ4n) is 1.44. The molecular formula is C13H14N2O3S. The van der Waals surface area contributed by atoms with Crippen LogP contribution in [0.3, 0.4) is 0 Å². The first-order valence-electron chi connectivity index (χ1n) is 5.73. The van der Waals surface area contributed by atoms with E-state index in [9.17, 15) is 4.79 Å². The highest BCUT2D eigenvalue weighted by Crippen LogP contribution is 2.33. The van der Waals surface area contributed by atoms with Gasteiger partial charge in [0.1, 0.15) is 5.76 Å². The Labute approximate surface area is 115 Å². The number of rotatable bonds is 4. The minimum atomic E-state index is -0.477. The molecule has 0 saturated heterocycles. The first-order valence-corrected chi connectivity index (χ1v) is 6.61. The summed E-state index contributed by atoms with van der Waals surface area (Å²) >= 11 is 1.47. The van der Waals surface area contributed by atoms with E-state index in [2.05, 4.69) is 14.7 Å². The molecule has 0 radical (unpaired) electrons. The third kappa shape index (κ3) is 3.35. The summed E-state index contributed by atoms with van der Waals surface area (Å²) < 4.78 is 10.0. The Hall–Kier alpha value is -1.82. The number of aryl methyl sites for hydroxylation is 1. The van der Waals surface area contributed by atoms with E-state index >= 15 is 0 Å². The van der Waals surface area contributed by atoms with Gasteiger partial charge in [0.05, 0.1) is 12.4 Å². The molecule has 100 valence electrons. The molecule has 2 aromatic heterocycles. The molecule has 0 spiro atoms. The Morgan fingerprint density at radius 3 is 2.68 bits per heavy atom. The number of hydrogen-bond acceptors (Lipinski definition) is 6. The molecule has 2 aromatic rings. The van der Waals surface area contributed by atoms with Gasteiger partial charge < -0.3 is 9.15 Å². The Morgan fingerprint density at radius 1 is 1.37 bits per heavy atom. The smallest absolute Gasteiger partial charge is 0.373 e. The average molecular weight is 278 g/mol. The van der Waals surface area contributed by atoms with Gasteiger partial charge in [0, 0.05) is 12.4 Å². The molecule has 0 bridgehead atoms. The van der Waals surface area contributed by atoms with Crippen molar-refractivity contribution in [3.63, 3.8) is 0 Å². The molecule has 1 unspecified atom stereocenters. The van der Waals surface area contributed by atoms with Gasteiger partial charge in [-0.2, -0.15) is 0 Å². The molecule has 0 amide bonds. The molecule has 0 aliphatic carbocycles. The van der Waals surface area contributed by atoms with E-state index in [1.54, 1.807) is 24.5 Å². The molecule has 19 heavy (non-hydrogen) atoms. The highest BCUT2D eigenvalue weighted by Gasteiger charge is 2.17. The van der Waals surface area contributed by atoms with Gasteiger partial charge in [-0.1, -0.05) is 11.8 Å². The minimum Gasteiger partial charge on any atom is -0.463 e. The number of thioether (sulfide) groups is 1. The molecule has 0 aromatic carbocycles. The number of carbonyl (C=O) groups excluding carboxylic acids is 1. The zero-order chi connectivity index (χ0) is 13.8. The van der Waals surface area contributed by atoms with Crippen LogP contribution in [-0.2, 0) is 4.74 Å². The van der Waals surface area contributed by atoms with E-state index in [0.717, 1.165) is 5.56 Å². The first-order chi connectivity index (χ1) is 9.10. The Bertz CT molecular complexity index is 566. The third-order valence-corrected chi connectivity index (χ3v) is 3.46. The molecule has 2 heterocycles. The standard InChI is InChI=1S/C13H14N2O3S/c1-8-6-14-13(15-7-8)19-9(2)10-4-5-11(18-10)12(16)17-3/h4-7,9H,1-3H3. The van der Waals surface area contributed by atoms with Crippen molar-refractivity contribution in [2.24, 2.45) is 0 Å². The SMILES string of the molecule is COC(=O)c1ccc(C(C)Sc2ncc(C)cn2)o1. The van der Waals surface area contributed by atoms with Crippen molar-refractivity contribution >= 4 is 17.7 Å². The molecule has 0 aliphatic rings. The first kappa shape index (κ1) is 13.6. The van der Waals surface area contributed by atoms with Gasteiger partial charge in [-0.25, -0.2) is 14.8 Å². The minimum absolute atomic E-state index is 0.0149. The second-order valence-corrected chi connectivity index (χ2v) is 5.30. The Kier molecular flexibility index (Phi) is 4.21. The van der Waals surface area contributed by atoms with E-state index in [1.807, 2.05) is 13.8 Å². The van der Waals surface area contributed by atoms with Crippen molar-refractivity contribution in [2.75, 3.05) is 7.11 Å². The van der Waals surface area contributed by atoms with Gasteiger partial charge >= 0.3 is 5.97 Å². The van der Waals surface area contributed by atoms with Crippen LogP contribution >= 0.6 is 11.8 Å². The van der Waals surface area contributed by atoms with Crippen molar-refractivity contribution in [1.29, 1.82) is 0 Å². The number of hydrogen-bond donors (Lipinski definition) is 0. The molecule has 1 atom stereocenters. The molecule has 0 fully saturated rings. The zero-order valence-corrected chi connectivity index (χ0v) is 11.7. The van der Waals surface area contributed by atoms with Crippen LogP contribution in [-0.4, -0.2) is 23.0 Å². The number of methoxy groups -OCH3 is 1. The van der Waals surface area contributed by atoms with Gasteiger partial charge in [-0.05, 0) is 31.5 Å². The lowest BCUT2D eigenvalue weighted by Crippen LogP contribution is -1.98. The highest BCUT2D eigenvalue weighted by molar-refractivity contribution is 7.99. The fourth-order valence-corrected chi connectivity index (χ4v) is 2.23. The molecule has 0 aliphatic heterocycles. The van der Waals surface area contributed by atoms with E-state index in [0.29, 0.717) is 10.9 Å². The lowest BCUT2D eigenvalue weighted by Gasteiger charge is -2.06. The number of aromatic nitrogens is 2. The Morgan fingerprint density at radius 2 is 2.05 bits per heavy atom. The second kappa shape index (κ2) is 5.88. The van der Waals surface area contributed by atoms with Crippen molar-refractivity contribution in [3.05, 3.63) is 41.6 Å². The van der Waals surface area contributed by atoms with Crippen LogP contribution in [0, 0.1) is 6.92 Å². The fraction of sp³-hybridized carbons (Fsp3) is 0.308. The highest BCUT2D eigenvalue weighted by atomic mass is 32.2. The van der Waals surface area contributed by atoms with Crippen LogP contribution in [0.1, 0.15) is 34.1 Å². The number of furan rings is 1. The van der Waals surface area contributed by atoms with Crippen LogP contribution in [0.4, 0.5) is 0 Å². The maximum absolute atomic E-state index is 11.3. The number of ether oxygens (including phenoxy) is 1. The van der Waals surface area contributed by atoms with Gasteiger partial charge in [0.15, 0.2) is 5.16 Å². The summed E-state index contributed by atoms with van der Waals surface area (Å²) in [5.74, 6) is 0.416. The summed E-state index contributed by atoms with van der Waals surface area (Å²) in [4.78, 5) is 19.7. The average Bonchev–Trinajstić information content (AvgIpc) is 2.90. The van der Waals surface area contributed by atoms with E-state index in [-0.39, 0.29) is 11.0 Å². The van der Waals surface area contributed by atoms with E-state index in [1.165, 1.54) is 18.9 Å². The van der Waals surface area contributed by atoms with Crippen molar-refractivity contribution in [3.8, 4) is 0 Å². The van der Waals surface area contributed by atoms with E-state index < -0.39 is 5.97 Å². The molecule has 2 rings (SSSR count). The van der Waals surface area contributed by atoms with Crippen molar-refractivity contribution in [1.82, 2.24) is 9.97 Å². The van der Waals surface area contributed by atoms with Gasteiger partial charge in [0.2, 0.25) is 5.76 Å². The van der Waals surface area contributed by atoms with Crippen LogP contribution in [0.15, 0.2) is 34.1 Å². The molecule has 0 N–H and O–H groups in total. The van der Waals surface area contributed by atoms with Crippen LogP contribution in [0.5, 0.6) is 0 Å². The maximum atomic E-state index is 11.3.